The van der Waals surface area contributed by atoms with Crippen LogP contribution in [0, 0.1) is 0 Å². The van der Waals surface area contributed by atoms with Crippen LogP contribution in [-0.4, -0.2) is 24.7 Å². The van der Waals surface area contributed by atoms with E-state index in [2.05, 4.69) is 5.32 Å². The first-order valence-electron chi connectivity index (χ1n) is 7.96. The molecule has 1 amide bonds. The molecule has 0 radical (unpaired) electrons. The van der Waals surface area contributed by atoms with Gasteiger partial charge in [0.2, 0.25) is 0 Å². The van der Waals surface area contributed by atoms with Gasteiger partial charge in [-0.05, 0) is 18.2 Å². The molecule has 0 saturated carbocycles. The highest BCUT2D eigenvalue weighted by molar-refractivity contribution is 5.91. The van der Waals surface area contributed by atoms with E-state index in [1.807, 2.05) is 24.3 Å². The second-order valence-corrected chi connectivity index (χ2v) is 6.14. The van der Waals surface area contributed by atoms with Gasteiger partial charge in [-0.1, -0.05) is 18.2 Å². The Bertz CT molecular complexity index is 689. The van der Waals surface area contributed by atoms with Crippen molar-refractivity contribution in [2.75, 3.05) is 13.2 Å². The fraction of sp³-hybridized carbons (Fsp3) is 0.389. The van der Waals surface area contributed by atoms with E-state index in [0.29, 0.717) is 19.0 Å². The number of fused-ring (bicyclic) bond motifs is 1. The Labute approximate surface area is 134 Å². The lowest BCUT2D eigenvalue weighted by Gasteiger charge is -2.44. The molecule has 3 heterocycles. The molecule has 4 rings (SSSR count). The summed E-state index contributed by atoms with van der Waals surface area (Å²) in [5, 5.41) is 3.10. The molecule has 1 fully saturated rings. The van der Waals surface area contributed by atoms with Crippen molar-refractivity contribution in [2.45, 2.75) is 30.9 Å². The van der Waals surface area contributed by atoms with Gasteiger partial charge >= 0.3 is 0 Å². The number of amides is 1. The third-order valence-corrected chi connectivity index (χ3v) is 4.65. The minimum Gasteiger partial charge on any atom is -0.487 e. The lowest BCUT2D eigenvalue weighted by molar-refractivity contribution is -0.0639. The summed E-state index contributed by atoms with van der Waals surface area (Å²) < 4.78 is 17.0. The van der Waals surface area contributed by atoms with Gasteiger partial charge in [0, 0.05) is 24.8 Å². The Morgan fingerprint density at radius 2 is 1.96 bits per heavy atom. The Morgan fingerprint density at radius 1 is 1.13 bits per heavy atom. The zero-order chi connectivity index (χ0) is 15.7. The highest BCUT2D eigenvalue weighted by Crippen LogP contribution is 2.43. The molecule has 2 aliphatic rings. The van der Waals surface area contributed by atoms with Crippen LogP contribution in [0.15, 0.2) is 47.1 Å². The summed E-state index contributed by atoms with van der Waals surface area (Å²) >= 11 is 0. The maximum absolute atomic E-state index is 12.4. The number of nitrogens with one attached hydrogen (secondary N) is 1. The molecule has 1 saturated heterocycles. The normalized spacial score (nSPS) is 22.2. The van der Waals surface area contributed by atoms with E-state index in [1.165, 1.54) is 6.26 Å². The first-order valence-corrected chi connectivity index (χ1v) is 7.96. The van der Waals surface area contributed by atoms with Gasteiger partial charge in [-0.3, -0.25) is 4.79 Å². The predicted molar refractivity (Wildman–Crippen MR) is 83.4 cm³/mol. The van der Waals surface area contributed by atoms with Gasteiger partial charge in [0.15, 0.2) is 5.76 Å². The molecule has 5 heteroatoms. The smallest absolute Gasteiger partial charge is 0.287 e. The van der Waals surface area contributed by atoms with Crippen molar-refractivity contribution in [2.24, 2.45) is 0 Å². The number of rotatable bonds is 2. The molecule has 0 aliphatic carbocycles. The minimum absolute atomic E-state index is 0.0874. The monoisotopic (exact) mass is 313 g/mol. The maximum Gasteiger partial charge on any atom is 0.287 e. The van der Waals surface area contributed by atoms with Gasteiger partial charge in [-0.15, -0.1) is 0 Å². The lowest BCUT2D eigenvalue weighted by Crippen LogP contribution is -2.48. The SMILES string of the molecule is O=C(NC1CC2(CCOCC2)Oc2ccccc21)c1ccco1. The molecule has 2 aromatic rings. The molecule has 1 atom stereocenters. The highest BCUT2D eigenvalue weighted by atomic mass is 16.5. The summed E-state index contributed by atoms with van der Waals surface area (Å²) in [5.41, 5.74) is 0.762. The van der Waals surface area contributed by atoms with Crippen molar-refractivity contribution >= 4 is 5.91 Å². The minimum atomic E-state index is -0.256. The van der Waals surface area contributed by atoms with Crippen LogP contribution in [0.5, 0.6) is 5.75 Å². The summed E-state index contributed by atoms with van der Waals surface area (Å²) in [5.74, 6) is 0.985. The Morgan fingerprint density at radius 3 is 2.74 bits per heavy atom. The Kier molecular flexibility index (Phi) is 3.58. The van der Waals surface area contributed by atoms with E-state index in [4.69, 9.17) is 13.9 Å². The summed E-state index contributed by atoms with van der Waals surface area (Å²) in [6.45, 7) is 1.39. The van der Waals surface area contributed by atoms with Gasteiger partial charge in [0.05, 0.1) is 25.5 Å². The fourth-order valence-corrected chi connectivity index (χ4v) is 3.43. The van der Waals surface area contributed by atoms with E-state index in [-0.39, 0.29) is 17.6 Å². The molecule has 5 nitrogen and oxygen atoms in total. The largest absolute Gasteiger partial charge is 0.487 e. The lowest BCUT2D eigenvalue weighted by atomic mass is 9.82. The van der Waals surface area contributed by atoms with E-state index in [9.17, 15) is 4.79 Å². The Hall–Kier alpha value is -2.27. The number of hydrogen-bond acceptors (Lipinski definition) is 4. The predicted octanol–water partition coefficient (Wildman–Crippen LogP) is 3.08. The van der Waals surface area contributed by atoms with Crippen LogP contribution in [-0.2, 0) is 4.74 Å². The molecule has 23 heavy (non-hydrogen) atoms. The Balaban J connectivity index is 1.63. The zero-order valence-corrected chi connectivity index (χ0v) is 12.8. The molecule has 1 aromatic heterocycles. The number of hydrogen-bond donors (Lipinski definition) is 1. The van der Waals surface area contributed by atoms with Crippen molar-refractivity contribution in [3.05, 3.63) is 54.0 Å². The van der Waals surface area contributed by atoms with Crippen molar-refractivity contribution in [3.8, 4) is 5.75 Å². The summed E-state index contributed by atoms with van der Waals surface area (Å²) in [6, 6.07) is 11.2. The molecule has 1 aromatic carbocycles. The van der Waals surface area contributed by atoms with Crippen LogP contribution in [0.2, 0.25) is 0 Å². The van der Waals surface area contributed by atoms with E-state index < -0.39 is 0 Å². The standard InChI is InChI=1S/C18H19NO4/c20-17(16-6-3-9-22-16)19-14-12-18(7-10-21-11-8-18)23-15-5-2-1-4-13(14)15/h1-6,9,14H,7-8,10-12H2,(H,19,20). The van der Waals surface area contributed by atoms with Crippen LogP contribution in [0.4, 0.5) is 0 Å². The first kappa shape index (κ1) is 14.3. The van der Waals surface area contributed by atoms with Crippen LogP contribution >= 0.6 is 0 Å². The first-order chi connectivity index (χ1) is 11.3. The van der Waals surface area contributed by atoms with Gasteiger partial charge in [-0.2, -0.15) is 0 Å². The molecule has 2 aliphatic heterocycles. The molecule has 1 N–H and O–H groups in total. The van der Waals surface area contributed by atoms with Crippen LogP contribution < -0.4 is 10.1 Å². The second kappa shape index (κ2) is 5.74. The molecule has 120 valence electrons. The molecule has 1 unspecified atom stereocenters. The average molecular weight is 313 g/mol. The van der Waals surface area contributed by atoms with Gasteiger partial charge in [0.25, 0.3) is 5.91 Å². The van der Waals surface area contributed by atoms with Gasteiger partial charge in [-0.25, -0.2) is 0 Å². The summed E-state index contributed by atoms with van der Waals surface area (Å²) in [6.07, 6.45) is 3.94. The summed E-state index contributed by atoms with van der Waals surface area (Å²) in [4.78, 5) is 12.4. The average Bonchev–Trinajstić information content (AvgIpc) is 3.10. The number of benzene rings is 1. The molecule has 0 bridgehead atoms. The van der Waals surface area contributed by atoms with Crippen LogP contribution in [0.25, 0.3) is 0 Å². The highest BCUT2D eigenvalue weighted by Gasteiger charge is 2.42. The zero-order valence-electron chi connectivity index (χ0n) is 12.8. The van der Waals surface area contributed by atoms with E-state index >= 15 is 0 Å². The number of para-hydroxylation sites is 1. The molecular weight excluding hydrogens is 294 g/mol. The second-order valence-electron chi connectivity index (χ2n) is 6.14. The number of carbonyl (C=O) groups excluding carboxylic acids is 1. The van der Waals surface area contributed by atoms with Crippen molar-refractivity contribution < 1.29 is 18.7 Å². The number of ether oxygens (including phenoxy) is 2. The fourth-order valence-electron chi connectivity index (χ4n) is 3.43. The third-order valence-electron chi connectivity index (χ3n) is 4.65. The molecular formula is C18H19NO4. The van der Waals surface area contributed by atoms with Gasteiger partial charge < -0.3 is 19.2 Å². The molecule has 1 spiro atoms. The van der Waals surface area contributed by atoms with Crippen LogP contribution in [0.1, 0.15) is 41.4 Å². The maximum atomic E-state index is 12.4. The van der Waals surface area contributed by atoms with E-state index in [0.717, 1.165) is 30.6 Å². The quantitative estimate of drug-likeness (QED) is 0.925. The van der Waals surface area contributed by atoms with Crippen molar-refractivity contribution in [1.82, 2.24) is 5.32 Å². The third kappa shape index (κ3) is 2.72. The van der Waals surface area contributed by atoms with Gasteiger partial charge in [0.1, 0.15) is 11.4 Å². The number of furan rings is 1. The van der Waals surface area contributed by atoms with Crippen molar-refractivity contribution in [3.63, 3.8) is 0 Å². The topological polar surface area (TPSA) is 60.7 Å². The van der Waals surface area contributed by atoms with Crippen LogP contribution in [0.3, 0.4) is 0 Å². The summed E-state index contributed by atoms with van der Waals surface area (Å²) in [7, 11) is 0. The van der Waals surface area contributed by atoms with Crippen molar-refractivity contribution in [1.29, 1.82) is 0 Å². The number of carbonyl (C=O) groups is 1. The van der Waals surface area contributed by atoms with E-state index in [1.54, 1.807) is 12.1 Å².